The van der Waals surface area contributed by atoms with E-state index in [1.165, 1.54) is 19.1 Å². The van der Waals surface area contributed by atoms with E-state index in [1.807, 2.05) is 13.8 Å². The van der Waals surface area contributed by atoms with Crippen molar-refractivity contribution in [1.82, 2.24) is 0 Å². The van der Waals surface area contributed by atoms with Gasteiger partial charge in [0.2, 0.25) is 0 Å². The molecule has 4 fully saturated rings. The molecule has 1 spiro atoms. The van der Waals surface area contributed by atoms with Crippen LogP contribution in [0, 0.1) is 34.5 Å². The third-order valence-electron chi connectivity index (χ3n) is 12.1. The summed E-state index contributed by atoms with van der Waals surface area (Å²) in [7, 11) is 0. The predicted octanol–water partition coefficient (Wildman–Crippen LogP) is 3.04. The quantitative estimate of drug-likeness (QED) is 0.423. The van der Waals surface area contributed by atoms with Gasteiger partial charge in [-0.05, 0) is 82.3 Å². The van der Waals surface area contributed by atoms with E-state index in [0.29, 0.717) is 37.7 Å². The van der Waals surface area contributed by atoms with Gasteiger partial charge in [-0.15, -0.1) is 0 Å². The van der Waals surface area contributed by atoms with E-state index in [9.17, 15) is 24.6 Å². The summed E-state index contributed by atoms with van der Waals surface area (Å²) < 4.78 is 18.0. The highest BCUT2D eigenvalue weighted by atomic mass is 16.6. The van der Waals surface area contributed by atoms with Gasteiger partial charge >= 0.3 is 11.9 Å². The lowest BCUT2D eigenvalue weighted by Crippen LogP contribution is -2.70. The van der Waals surface area contributed by atoms with Gasteiger partial charge in [0.25, 0.3) is 0 Å². The van der Waals surface area contributed by atoms with Crippen LogP contribution in [0.2, 0.25) is 0 Å². The summed E-state index contributed by atoms with van der Waals surface area (Å²) in [5.74, 6) is -1.57. The number of ether oxygens (including phenoxy) is 3. The SMILES string of the molecule is CC(=O)OC1CC(C(C)C2CC(C)=C(C)C(=O)O2)C2(C)CCC3C(CC4OC45C(O)C=CC(=O)C35C)C12O. The van der Waals surface area contributed by atoms with Crippen molar-refractivity contribution in [3.05, 3.63) is 23.3 Å². The van der Waals surface area contributed by atoms with Gasteiger partial charge in [0.1, 0.15) is 29.5 Å². The minimum Gasteiger partial charge on any atom is -0.459 e. The van der Waals surface area contributed by atoms with Crippen LogP contribution in [0.15, 0.2) is 23.3 Å². The molecule has 2 aliphatic heterocycles. The number of carbonyl (C=O) groups excluding carboxylic acids is 3. The number of aliphatic hydroxyl groups is 2. The first-order valence-electron chi connectivity index (χ1n) is 14.1. The van der Waals surface area contributed by atoms with Crippen LogP contribution in [0.25, 0.3) is 0 Å². The number of rotatable bonds is 3. The summed E-state index contributed by atoms with van der Waals surface area (Å²) in [6.07, 6.45) is 3.58. The molecule has 0 aromatic carbocycles. The normalized spacial score (nSPS) is 51.8. The third-order valence-corrected chi connectivity index (χ3v) is 12.1. The second-order valence-corrected chi connectivity index (χ2v) is 13.4. The van der Waals surface area contributed by atoms with Crippen molar-refractivity contribution in [2.75, 3.05) is 0 Å². The van der Waals surface area contributed by atoms with Gasteiger partial charge in [0.15, 0.2) is 5.78 Å². The summed E-state index contributed by atoms with van der Waals surface area (Å²) in [5.41, 5.74) is -2.30. The number of aliphatic hydroxyl groups excluding tert-OH is 1. The van der Waals surface area contributed by atoms with Crippen molar-refractivity contribution in [2.24, 2.45) is 34.5 Å². The molecular weight excluding hydrogens is 488 g/mol. The van der Waals surface area contributed by atoms with Gasteiger partial charge in [-0.1, -0.05) is 19.4 Å². The Hall–Kier alpha value is -2.03. The molecule has 4 aliphatic carbocycles. The summed E-state index contributed by atoms with van der Waals surface area (Å²) >= 11 is 0. The number of cyclic esters (lactones) is 1. The molecule has 1 saturated heterocycles. The zero-order valence-electron chi connectivity index (χ0n) is 23.2. The number of allylic oxidation sites excluding steroid dienone is 1. The highest BCUT2D eigenvalue weighted by molar-refractivity contribution is 5.98. The number of epoxide rings is 1. The van der Waals surface area contributed by atoms with Crippen molar-refractivity contribution in [3.8, 4) is 0 Å². The summed E-state index contributed by atoms with van der Waals surface area (Å²) in [6.45, 7) is 11.2. The molecule has 6 aliphatic rings. The molecule has 3 saturated carbocycles. The maximum absolute atomic E-state index is 13.5. The van der Waals surface area contributed by atoms with Crippen LogP contribution in [-0.4, -0.2) is 63.6 Å². The zero-order chi connectivity index (χ0) is 27.6. The number of hydrogen-bond acceptors (Lipinski definition) is 8. The second-order valence-electron chi connectivity index (χ2n) is 13.4. The lowest BCUT2D eigenvalue weighted by atomic mass is 9.42. The molecule has 208 valence electrons. The number of hydrogen-bond donors (Lipinski definition) is 2. The predicted molar refractivity (Wildman–Crippen MR) is 135 cm³/mol. The van der Waals surface area contributed by atoms with Gasteiger partial charge in [-0.25, -0.2) is 4.79 Å². The standard InChI is InChI=1S/C30H40O8/c1-14-11-21(37-26(34)15(14)2)16(3)19-12-24(36-17(4)31)29(35)20-13-25-30(38-25)23(33)8-7-22(32)28(30,6)18(20)9-10-27(19,29)5/h7-8,16,18-21,23-25,33,35H,9-13H2,1-6H3. The molecule has 0 amide bonds. The van der Waals surface area contributed by atoms with Crippen LogP contribution in [0.1, 0.15) is 73.6 Å². The van der Waals surface area contributed by atoms with Crippen molar-refractivity contribution < 1.29 is 38.8 Å². The molecule has 8 heteroatoms. The number of fused-ring (bicyclic) bond motifs is 4. The van der Waals surface area contributed by atoms with Crippen molar-refractivity contribution in [1.29, 1.82) is 0 Å². The second kappa shape index (κ2) is 8.01. The molecule has 8 nitrogen and oxygen atoms in total. The number of carbonyl (C=O) groups is 3. The van der Waals surface area contributed by atoms with Crippen LogP contribution in [-0.2, 0) is 28.6 Å². The Kier molecular flexibility index (Phi) is 5.53. The topological polar surface area (TPSA) is 123 Å². The molecule has 0 bridgehead atoms. The van der Waals surface area contributed by atoms with Crippen molar-refractivity contribution >= 4 is 17.7 Å². The molecule has 12 atom stereocenters. The Morgan fingerprint density at radius 1 is 1.18 bits per heavy atom. The first kappa shape index (κ1) is 26.2. The molecule has 38 heavy (non-hydrogen) atoms. The summed E-state index contributed by atoms with van der Waals surface area (Å²) in [5, 5.41) is 23.8. The maximum Gasteiger partial charge on any atom is 0.333 e. The third kappa shape index (κ3) is 2.95. The Labute approximate surface area is 223 Å². The highest BCUT2D eigenvalue weighted by Gasteiger charge is 2.83. The fraction of sp³-hybridized carbons (Fsp3) is 0.767. The number of esters is 2. The zero-order valence-corrected chi connectivity index (χ0v) is 23.2. The van der Waals surface area contributed by atoms with E-state index in [0.717, 1.165) is 5.57 Å². The van der Waals surface area contributed by atoms with Crippen LogP contribution < -0.4 is 0 Å². The molecule has 2 heterocycles. The fourth-order valence-electron chi connectivity index (χ4n) is 9.80. The van der Waals surface area contributed by atoms with Gasteiger partial charge in [0.05, 0.1) is 11.5 Å². The Morgan fingerprint density at radius 3 is 2.55 bits per heavy atom. The first-order chi connectivity index (χ1) is 17.7. The molecule has 0 radical (unpaired) electrons. The Balaban J connectivity index is 1.40. The molecule has 12 unspecified atom stereocenters. The summed E-state index contributed by atoms with van der Waals surface area (Å²) in [6, 6.07) is 0. The smallest absolute Gasteiger partial charge is 0.333 e. The molecule has 2 N–H and O–H groups in total. The average Bonchev–Trinajstić information content (AvgIpc) is 3.55. The van der Waals surface area contributed by atoms with Crippen LogP contribution >= 0.6 is 0 Å². The van der Waals surface area contributed by atoms with Crippen LogP contribution in [0.4, 0.5) is 0 Å². The molecular formula is C30H40O8. The van der Waals surface area contributed by atoms with Crippen molar-refractivity contribution in [3.63, 3.8) is 0 Å². The van der Waals surface area contributed by atoms with Crippen LogP contribution in [0.3, 0.4) is 0 Å². The minimum absolute atomic E-state index is 0.0750. The van der Waals surface area contributed by atoms with Gasteiger partial charge in [-0.2, -0.15) is 0 Å². The first-order valence-corrected chi connectivity index (χ1v) is 14.1. The average molecular weight is 529 g/mol. The van der Waals surface area contributed by atoms with Gasteiger partial charge < -0.3 is 24.4 Å². The monoisotopic (exact) mass is 528 g/mol. The Bertz CT molecular complexity index is 1170. The largest absolute Gasteiger partial charge is 0.459 e. The molecule has 6 rings (SSSR count). The fourth-order valence-corrected chi connectivity index (χ4v) is 9.80. The molecule has 0 aromatic heterocycles. The van der Waals surface area contributed by atoms with E-state index < -0.39 is 40.2 Å². The van der Waals surface area contributed by atoms with Gasteiger partial charge in [0, 0.05) is 24.3 Å². The van der Waals surface area contributed by atoms with E-state index in [2.05, 4.69) is 13.8 Å². The van der Waals surface area contributed by atoms with E-state index in [-0.39, 0.29) is 47.6 Å². The minimum atomic E-state index is -1.40. The maximum atomic E-state index is 13.5. The van der Waals surface area contributed by atoms with Crippen molar-refractivity contribution in [2.45, 2.75) is 109 Å². The summed E-state index contributed by atoms with van der Waals surface area (Å²) in [4.78, 5) is 38.4. The highest BCUT2D eigenvalue weighted by Crippen LogP contribution is 2.74. The van der Waals surface area contributed by atoms with E-state index in [4.69, 9.17) is 14.2 Å². The van der Waals surface area contributed by atoms with Gasteiger partial charge in [-0.3, -0.25) is 9.59 Å². The lowest BCUT2D eigenvalue weighted by molar-refractivity contribution is -0.234. The molecule has 0 aromatic rings. The van der Waals surface area contributed by atoms with E-state index >= 15 is 0 Å². The Morgan fingerprint density at radius 2 is 1.89 bits per heavy atom. The van der Waals surface area contributed by atoms with E-state index in [1.54, 1.807) is 6.92 Å². The lowest BCUT2D eigenvalue weighted by Gasteiger charge is -2.61. The number of ketones is 1. The van der Waals surface area contributed by atoms with Crippen LogP contribution in [0.5, 0.6) is 0 Å².